The average Bonchev–Trinajstić information content (AvgIpc) is 2.57. The lowest BCUT2D eigenvalue weighted by molar-refractivity contribution is 0.873. The molecule has 1 heterocycles. The summed E-state index contributed by atoms with van der Waals surface area (Å²) in [6, 6.07) is 7.65. The van der Waals surface area contributed by atoms with E-state index in [9.17, 15) is 0 Å². The maximum atomic E-state index is 5.86. The molecular weight excluding hydrogens is 222 g/mol. The zero-order valence-corrected chi connectivity index (χ0v) is 10.1. The molecule has 3 nitrogen and oxygen atoms in total. The van der Waals surface area contributed by atoms with Crippen molar-refractivity contribution in [1.82, 2.24) is 9.55 Å². The van der Waals surface area contributed by atoms with Gasteiger partial charge in [0.2, 0.25) is 0 Å². The van der Waals surface area contributed by atoms with Gasteiger partial charge in [-0.3, -0.25) is 0 Å². The molecule has 4 heteroatoms. The van der Waals surface area contributed by atoms with E-state index in [0.29, 0.717) is 6.54 Å². The molecule has 1 aromatic carbocycles. The van der Waals surface area contributed by atoms with Gasteiger partial charge in [-0.05, 0) is 31.2 Å². The van der Waals surface area contributed by atoms with Crippen LogP contribution in [-0.2, 0) is 13.6 Å². The van der Waals surface area contributed by atoms with Crippen molar-refractivity contribution in [3.8, 4) is 11.4 Å². The van der Waals surface area contributed by atoms with Gasteiger partial charge in [-0.25, -0.2) is 4.98 Å². The molecule has 0 bridgehead atoms. The fraction of sp³-hybridized carbons (Fsp3) is 0.250. The number of rotatable bonds is 2. The third-order valence-electron chi connectivity index (χ3n) is 2.78. The Hall–Kier alpha value is -1.32. The minimum absolute atomic E-state index is 0.466. The average molecular weight is 236 g/mol. The summed E-state index contributed by atoms with van der Waals surface area (Å²) in [5.41, 5.74) is 8.73. The molecule has 0 unspecified atom stereocenters. The topological polar surface area (TPSA) is 43.8 Å². The van der Waals surface area contributed by atoms with Crippen molar-refractivity contribution < 1.29 is 0 Å². The van der Waals surface area contributed by atoms with Crippen LogP contribution in [0, 0.1) is 6.92 Å². The number of nitrogens with two attached hydrogens (primary N) is 1. The molecule has 0 aliphatic rings. The van der Waals surface area contributed by atoms with E-state index >= 15 is 0 Å². The summed E-state index contributed by atoms with van der Waals surface area (Å²) in [5.74, 6) is 0.926. The molecule has 16 heavy (non-hydrogen) atoms. The number of benzene rings is 1. The van der Waals surface area contributed by atoms with Crippen molar-refractivity contribution in [2.45, 2.75) is 13.5 Å². The van der Waals surface area contributed by atoms with Gasteiger partial charge in [0.15, 0.2) is 0 Å². The number of hydrogen-bond acceptors (Lipinski definition) is 2. The van der Waals surface area contributed by atoms with Crippen molar-refractivity contribution in [1.29, 1.82) is 0 Å². The molecule has 0 saturated heterocycles. The van der Waals surface area contributed by atoms with Gasteiger partial charge in [-0.2, -0.15) is 0 Å². The molecule has 2 N–H and O–H groups in total. The fourth-order valence-electron chi connectivity index (χ4n) is 1.69. The number of halogens is 1. The van der Waals surface area contributed by atoms with E-state index in [0.717, 1.165) is 27.8 Å². The highest BCUT2D eigenvalue weighted by atomic mass is 35.5. The van der Waals surface area contributed by atoms with Crippen LogP contribution in [0.1, 0.15) is 11.4 Å². The highest BCUT2D eigenvalue weighted by Gasteiger charge is 2.11. The van der Waals surface area contributed by atoms with Crippen molar-refractivity contribution in [2.24, 2.45) is 12.8 Å². The first-order valence-electron chi connectivity index (χ1n) is 5.11. The van der Waals surface area contributed by atoms with Crippen LogP contribution in [0.3, 0.4) is 0 Å². The quantitative estimate of drug-likeness (QED) is 0.869. The summed E-state index contributed by atoms with van der Waals surface area (Å²) in [4.78, 5) is 4.52. The predicted molar refractivity (Wildman–Crippen MR) is 66.3 cm³/mol. The van der Waals surface area contributed by atoms with Gasteiger partial charge < -0.3 is 10.3 Å². The van der Waals surface area contributed by atoms with Crippen LogP contribution >= 0.6 is 11.6 Å². The van der Waals surface area contributed by atoms with Crippen LogP contribution in [0.25, 0.3) is 11.4 Å². The largest absolute Gasteiger partial charge is 0.331 e. The summed E-state index contributed by atoms with van der Waals surface area (Å²) in [6.45, 7) is 2.49. The Kier molecular flexibility index (Phi) is 2.99. The molecule has 2 aromatic rings. The van der Waals surface area contributed by atoms with Crippen LogP contribution in [0.15, 0.2) is 24.3 Å². The molecule has 84 valence electrons. The summed E-state index contributed by atoms with van der Waals surface area (Å²) < 4.78 is 2.05. The third kappa shape index (κ3) is 1.84. The first-order valence-corrected chi connectivity index (χ1v) is 5.49. The van der Waals surface area contributed by atoms with E-state index in [1.165, 1.54) is 0 Å². The van der Waals surface area contributed by atoms with Crippen molar-refractivity contribution in [3.05, 3.63) is 40.7 Å². The van der Waals surface area contributed by atoms with Crippen molar-refractivity contribution in [2.75, 3.05) is 0 Å². The monoisotopic (exact) mass is 235 g/mol. The molecule has 0 amide bonds. The van der Waals surface area contributed by atoms with E-state index in [1.54, 1.807) is 0 Å². The van der Waals surface area contributed by atoms with Crippen molar-refractivity contribution >= 4 is 11.6 Å². The second kappa shape index (κ2) is 4.28. The van der Waals surface area contributed by atoms with Crippen LogP contribution in [0.5, 0.6) is 0 Å². The highest BCUT2D eigenvalue weighted by molar-refractivity contribution is 6.30. The standard InChI is InChI=1S/C12H14ClN3/c1-8-11(7-14)15-12(16(8)2)9-3-5-10(13)6-4-9/h3-6H,7,14H2,1-2H3. The summed E-state index contributed by atoms with van der Waals surface area (Å²) in [6.07, 6.45) is 0. The molecule has 2 rings (SSSR count). The normalized spacial score (nSPS) is 10.8. The van der Waals surface area contributed by atoms with E-state index < -0.39 is 0 Å². The Morgan fingerprint density at radius 3 is 2.44 bits per heavy atom. The zero-order chi connectivity index (χ0) is 11.7. The van der Waals surface area contributed by atoms with Crippen LogP contribution < -0.4 is 5.73 Å². The number of aromatic nitrogens is 2. The summed E-state index contributed by atoms with van der Waals surface area (Å²) in [5, 5.41) is 0.730. The SMILES string of the molecule is Cc1c(CN)nc(-c2ccc(Cl)cc2)n1C. The lowest BCUT2D eigenvalue weighted by atomic mass is 10.2. The van der Waals surface area contributed by atoms with Gasteiger partial charge in [-0.1, -0.05) is 11.6 Å². The molecule has 0 aliphatic heterocycles. The molecule has 1 aromatic heterocycles. The molecule has 0 fully saturated rings. The Labute approximate surface area is 99.9 Å². The second-order valence-corrected chi connectivity index (χ2v) is 4.17. The minimum Gasteiger partial charge on any atom is -0.331 e. The smallest absolute Gasteiger partial charge is 0.140 e. The lowest BCUT2D eigenvalue weighted by Crippen LogP contribution is -1.99. The van der Waals surface area contributed by atoms with Crippen LogP contribution in [0.2, 0.25) is 5.02 Å². The van der Waals surface area contributed by atoms with Gasteiger partial charge in [0, 0.05) is 29.9 Å². The molecular formula is C12H14ClN3. The van der Waals surface area contributed by atoms with Crippen molar-refractivity contribution in [3.63, 3.8) is 0 Å². The summed E-state index contributed by atoms with van der Waals surface area (Å²) >= 11 is 5.86. The number of hydrogen-bond donors (Lipinski definition) is 1. The van der Waals surface area contributed by atoms with E-state index in [-0.39, 0.29) is 0 Å². The summed E-state index contributed by atoms with van der Waals surface area (Å²) in [7, 11) is 1.99. The Bertz CT molecular complexity index is 500. The maximum absolute atomic E-state index is 5.86. The Morgan fingerprint density at radius 1 is 1.31 bits per heavy atom. The van der Waals surface area contributed by atoms with Gasteiger partial charge in [0.1, 0.15) is 5.82 Å². The first kappa shape index (κ1) is 11.2. The Balaban J connectivity index is 2.52. The highest BCUT2D eigenvalue weighted by Crippen LogP contribution is 2.22. The van der Waals surface area contributed by atoms with E-state index in [2.05, 4.69) is 4.98 Å². The molecule has 0 atom stereocenters. The molecule has 0 radical (unpaired) electrons. The molecule has 0 saturated carbocycles. The van der Waals surface area contributed by atoms with E-state index in [4.69, 9.17) is 17.3 Å². The molecule has 0 aliphatic carbocycles. The van der Waals surface area contributed by atoms with E-state index in [1.807, 2.05) is 42.8 Å². The van der Waals surface area contributed by atoms with Gasteiger partial charge in [-0.15, -0.1) is 0 Å². The van der Waals surface area contributed by atoms with Gasteiger partial charge in [0.25, 0.3) is 0 Å². The Morgan fingerprint density at radius 2 is 1.94 bits per heavy atom. The van der Waals surface area contributed by atoms with Crippen LogP contribution in [0.4, 0.5) is 0 Å². The van der Waals surface area contributed by atoms with Crippen LogP contribution in [-0.4, -0.2) is 9.55 Å². The number of imidazole rings is 1. The van der Waals surface area contributed by atoms with Gasteiger partial charge in [0.05, 0.1) is 5.69 Å². The molecule has 0 spiro atoms. The first-order chi connectivity index (χ1) is 7.63. The third-order valence-corrected chi connectivity index (χ3v) is 3.03. The maximum Gasteiger partial charge on any atom is 0.140 e. The second-order valence-electron chi connectivity index (χ2n) is 3.74. The van der Waals surface area contributed by atoms with Gasteiger partial charge >= 0.3 is 0 Å². The zero-order valence-electron chi connectivity index (χ0n) is 9.37. The number of nitrogens with zero attached hydrogens (tertiary/aromatic N) is 2. The lowest BCUT2D eigenvalue weighted by Gasteiger charge is -2.03. The minimum atomic E-state index is 0.466. The fourth-order valence-corrected chi connectivity index (χ4v) is 1.81. The predicted octanol–water partition coefficient (Wildman–Crippen LogP) is 2.51.